The molecule has 0 aliphatic carbocycles. The molecule has 0 radical (unpaired) electrons. The van der Waals surface area contributed by atoms with Crippen molar-refractivity contribution in [1.82, 2.24) is 9.80 Å². The van der Waals surface area contributed by atoms with Gasteiger partial charge in [0.25, 0.3) is 23.6 Å². The molecule has 0 N–H and O–H groups in total. The molecule has 2 aliphatic heterocycles. The average Bonchev–Trinajstić information content (AvgIpc) is 2.95. The number of ether oxygens (including phenoxy) is 1. The van der Waals surface area contributed by atoms with Gasteiger partial charge in [-0.25, -0.2) is 4.90 Å². The molecule has 204 valence electrons. The summed E-state index contributed by atoms with van der Waals surface area (Å²) in [4.78, 5) is 56.7. The molecule has 0 fully saturated rings. The number of benzene rings is 5. The third-order valence-electron chi connectivity index (χ3n) is 9.06. The Labute approximate surface area is 236 Å². The lowest BCUT2D eigenvalue weighted by Gasteiger charge is -2.34. The lowest BCUT2D eigenvalue weighted by molar-refractivity contribution is 0.0413. The predicted octanol–water partition coefficient (Wildman–Crippen LogP) is 6.73. The zero-order valence-corrected chi connectivity index (χ0v) is 23.3. The quantitative estimate of drug-likeness (QED) is 0.106. The zero-order valence-electron chi connectivity index (χ0n) is 23.3. The van der Waals surface area contributed by atoms with Crippen molar-refractivity contribution in [3.8, 4) is 0 Å². The van der Waals surface area contributed by atoms with Gasteiger partial charge in [-0.2, -0.15) is 0 Å². The van der Waals surface area contributed by atoms with Crippen LogP contribution in [0.3, 0.4) is 0 Å². The Hall–Kier alpha value is -4.78. The van der Waals surface area contributed by atoms with Crippen molar-refractivity contribution >= 4 is 66.7 Å². The molecule has 0 spiro atoms. The summed E-state index contributed by atoms with van der Waals surface area (Å²) < 4.78 is 5.18. The molecular formula is C34H28N2O5. The van der Waals surface area contributed by atoms with E-state index in [1.165, 1.54) is 11.2 Å². The summed E-state index contributed by atoms with van der Waals surface area (Å²) in [5.74, 6) is -1.30. The van der Waals surface area contributed by atoms with Gasteiger partial charge >= 0.3 is 0 Å². The van der Waals surface area contributed by atoms with E-state index in [0.29, 0.717) is 39.6 Å². The Bertz CT molecular complexity index is 1910. The second kappa shape index (κ2) is 8.36. The van der Waals surface area contributed by atoms with Crippen LogP contribution >= 0.6 is 0 Å². The highest BCUT2D eigenvalue weighted by Crippen LogP contribution is 2.46. The van der Waals surface area contributed by atoms with Gasteiger partial charge in [-0.1, -0.05) is 58.5 Å². The molecular weight excluding hydrogens is 516 g/mol. The van der Waals surface area contributed by atoms with Gasteiger partial charge in [-0.15, -0.1) is 0 Å². The predicted molar refractivity (Wildman–Crippen MR) is 158 cm³/mol. The molecule has 0 aromatic heterocycles. The number of rotatable bonds is 5. The van der Waals surface area contributed by atoms with Crippen LogP contribution in [0.15, 0.2) is 61.4 Å². The normalized spacial score (nSPS) is 16.1. The number of imide groups is 2. The molecule has 1 unspecified atom stereocenters. The van der Waals surface area contributed by atoms with Gasteiger partial charge in [0, 0.05) is 39.6 Å². The smallest absolute Gasteiger partial charge is 0.264 e. The van der Waals surface area contributed by atoms with E-state index in [4.69, 9.17) is 4.74 Å². The van der Waals surface area contributed by atoms with Crippen LogP contribution in [0.1, 0.15) is 69.1 Å². The summed E-state index contributed by atoms with van der Waals surface area (Å²) in [6.07, 6.45) is 1.20. The van der Waals surface area contributed by atoms with Gasteiger partial charge < -0.3 is 4.74 Å². The second-order valence-corrected chi connectivity index (χ2v) is 12.1. The Morgan fingerprint density at radius 3 is 1.37 bits per heavy atom. The zero-order chi connectivity index (χ0) is 29.0. The molecule has 2 heterocycles. The molecule has 7 rings (SSSR count). The number of hydrogen-bond donors (Lipinski definition) is 0. The van der Waals surface area contributed by atoms with E-state index in [2.05, 4.69) is 34.3 Å². The second-order valence-electron chi connectivity index (χ2n) is 12.1. The topological polar surface area (TPSA) is 84.0 Å². The van der Waals surface area contributed by atoms with Crippen LogP contribution < -0.4 is 0 Å². The molecule has 41 heavy (non-hydrogen) atoms. The van der Waals surface area contributed by atoms with E-state index in [9.17, 15) is 19.2 Å². The van der Waals surface area contributed by atoms with E-state index in [1.807, 2.05) is 24.3 Å². The molecule has 0 saturated carbocycles. The van der Waals surface area contributed by atoms with E-state index >= 15 is 0 Å². The first kappa shape index (κ1) is 25.2. The van der Waals surface area contributed by atoms with Crippen LogP contribution in [0.5, 0.6) is 0 Å². The summed E-state index contributed by atoms with van der Waals surface area (Å²) in [6, 6.07) is 14.7. The maximum absolute atomic E-state index is 13.8. The fourth-order valence-electron chi connectivity index (χ4n) is 6.33. The molecule has 5 aromatic rings. The standard InChI is InChI=1S/C34H28N2O5/c1-6-41-16-36-32(39)24-13-9-20-18-7-11-22-28-23(31(38)35(30(22)37)15-17(2)34(3,4)5)12-8-19(26(18)28)21-10-14-25(33(36)40)29(24)27(20)21/h6-14,17H,1,15-16H2,2-5H3. The van der Waals surface area contributed by atoms with Crippen molar-refractivity contribution in [3.05, 3.63) is 83.6 Å². The van der Waals surface area contributed by atoms with Crippen molar-refractivity contribution in [2.24, 2.45) is 11.3 Å². The third-order valence-corrected chi connectivity index (χ3v) is 9.06. The Morgan fingerprint density at radius 2 is 1.02 bits per heavy atom. The van der Waals surface area contributed by atoms with Crippen molar-refractivity contribution < 1.29 is 23.9 Å². The van der Waals surface area contributed by atoms with E-state index in [1.54, 1.807) is 24.3 Å². The lowest BCUT2D eigenvalue weighted by atomic mass is 9.80. The van der Waals surface area contributed by atoms with Crippen LogP contribution in [0, 0.1) is 11.3 Å². The number of amides is 4. The number of hydrogen-bond acceptors (Lipinski definition) is 5. The van der Waals surface area contributed by atoms with Crippen molar-refractivity contribution in [1.29, 1.82) is 0 Å². The van der Waals surface area contributed by atoms with Gasteiger partial charge in [0.2, 0.25) is 0 Å². The molecule has 2 aliphatic rings. The Balaban J connectivity index is 1.49. The third kappa shape index (κ3) is 3.26. The number of fused-ring (bicyclic) bond motifs is 2. The van der Waals surface area contributed by atoms with Crippen LogP contribution in [0.4, 0.5) is 0 Å². The van der Waals surface area contributed by atoms with Gasteiger partial charge in [0.05, 0.1) is 6.26 Å². The van der Waals surface area contributed by atoms with Crippen LogP contribution in [0.25, 0.3) is 43.1 Å². The molecule has 7 nitrogen and oxygen atoms in total. The summed E-state index contributed by atoms with van der Waals surface area (Å²) in [6.45, 7) is 12.0. The summed E-state index contributed by atoms with van der Waals surface area (Å²) >= 11 is 0. The van der Waals surface area contributed by atoms with Crippen LogP contribution in [0.2, 0.25) is 0 Å². The fraction of sp³-hybridized carbons (Fsp3) is 0.235. The lowest BCUT2D eigenvalue weighted by Crippen LogP contribution is -2.44. The average molecular weight is 545 g/mol. The molecule has 4 amide bonds. The van der Waals surface area contributed by atoms with E-state index in [0.717, 1.165) is 37.2 Å². The number of carbonyl (C=O) groups excluding carboxylic acids is 4. The molecule has 7 heteroatoms. The van der Waals surface area contributed by atoms with Gasteiger partial charge in [-0.3, -0.25) is 24.1 Å². The molecule has 0 bridgehead atoms. The van der Waals surface area contributed by atoms with Crippen molar-refractivity contribution in [2.45, 2.75) is 27.7 Å². The highest BCUT2D eigenvalue weighted by atomic mass is 16.5. The molecule has 1 atom stereocenters. The van der Waals surface area contributed by atoms with E-state index in [-0.39, 0.29) is 29.9 Å². The first-order chi connectivity index (χ1) is 19.5. The minimum absolute atomic E-state index is 0.0636. The molecule has 0 saturated heterocycles. The first-order valence-corrected chi connectivity index (χ1v) is 13.7. The monoisotopic (exact) mass is 544 g/mol. The number of nitrogens with zero attached hydrogens (tertiary/aromatic N) is 2. The highest BCUT2D eigenvalue weighted by Gasteiger charge is 2.38. The minimum Gasteiger partial charge on any atom is -0.481 e. The Kier molecular flexibility index (Phi) is 5.14. The van der Waals surface area contributed by atoms with Crippen LogP contribution in [-0.2, 0) is 4.74 Å². The van der Waals surface area contributed by atoms with Gasteiger partial charge in [0.15, 0.2) is 6.73 Å². The summed E-state index contributed by atoms with van der Waals surface area (Å²) in [5.41, 5.74) is 1.81. The van der Waals surface area contributed by atoms with E-state index < -0.39 is 11.8 Å². The highest BCUT2D eigenvalue weighted by molar-refractivity contribution is 6.41. The number of carbonyl (C=O) groups is 4. The largest absolute Gasteiger partial charge is 0.481 e. The first-order valence-electron chi connectivity index (χ1n) is 13.7. The fourth-order valence-corrected chi connectivity index (χ4v) is 6.33. The van der Waals surface area contributed by atoms with Crippen molar-refractivity contribution in [2.75, 3.05) is 13.3 Å². The van der Waals surface area contributed by atoms with Crippen LogP contribution in [-0.4, -0.2) is 46.7 Å². The Morgan fingerprint density at radius 1 is 0.659 bits per heavy atom. The molecule has 5 aromatic carbocycles. The maximum atomic E-state index is 13.8. The van der Waals surface area contributed by atoms with Crippen molar-refractivity contribution in [3.63, 3.8) is 0 Å². The summed E-state index contributed by atoms with van der Waals surface area (Å²) in [7, 11) is 0. The minimum atomic E-state index is -0.426. The SMILES string of the molecule is C=COCN1C(=O)c2ccc3c4ccc5c6c(ccc(c7ccc(c2c37)C1=O)c64)C(=O)N(CC(C)C(C)(C)C)C5=O. The maximum Gasteiger partial charge on any atom is 0.264 e. The van der Waals surface area contributed by atoms with Gasteiger partial charge in [-0.05, 0) is 67.9 Å². The van der Waals surface area contributed by atoms with Gasteiger partial charge in [0.1, 0.15) is 0 Å². The summed E-state index contributed by atoms with van der Waals surface area (Å²) in [5, 5.41) is 6.38.